The van der Waals surface area contributed by atoms with Crippen molar-refractivity contribution in [2.24, 2.45) is 0 Å². The van der Waals surface area contributed by atoms with Gasteiger partial charge in [0.05, 0.1) is 0 Å². The van der Waals surface area contributed by atoms with Crippen molar-refractivity contribution in [1.29, 1.82) is 0 Å². The highest BCUT2D eigenvalue weighted by Crippen LogP contribution is 2.08. The molecule has 0 saturated carbocycles. The first kappa shape index (κ1) is 17.3. The zero-order valence-corrected chi connectivity index (χ0v) is 13.3. The maximum Gasteiger partial charge on any atom is 0.0192 e. The SMILES string of the molecule is CCCCCNCC(C)N(C)C(C)CCSC. The molecule has 0 aromatic rings. The molecule has 104 valence electrons. The molecule has 3 heteroatoms. The predicted octanol–water partition coefficient (Wildman–Crippen LogP) is 3.23. The van der Waals surface area contributed by atoms with Crippen LogP contribution in [0.15, 0.2) is 0 Å². The van der Waals surface area contributed by atoms with Crippen LogP contribution in [0, 0.1) is 0 Å². The van der Waals surface area contributed by atoms with Crippen LogP contribution < -0.4 is 5.32 Å². The number of likely N-dealkylation sites (N-methyl/N-ethyl adjacent to an activating group) is 1. The van der Waals surface area contributed by atoms with Crippen molar-refractivity contribution >= 4 is 11.8 Å². The standard InChI is InChI=1S/C14H32N2S/c1-6-7-8-10-15-12-14(3)16(4)13(2)9-11-17-5/h13-15H,6-12H2,1-5H3. The number of hydrogen-bond donors (Lipinski definition) is 1. The highest BCUT2D eigenvalue weighted by Gasteiger charge is 2.14. The zero-order chi connectivity index (χ0) is 13.1. The van der Waals surface area contributed by atoms with Crippen molar-refractivity contribution in [3.05, 3.63) is 0 Å². The molecule has 0 saturated heterocycles. The van der Waals surface area contributed by atoms with Crippen LogP contribution >= 0.6 is 11.8 Å². The number of nitrogens with zero attached hydrogens (tertiary/aromatic N) is 1. The minimum absolute atomic E-state index is 0.633. The monoisotopic (exact) mass is 260 g/mol. The Morgan fingerprint density at radius 3 is 2.47 bits per heavy atom. The molecule has 0 aromatic heterocycles. The lowest BCUT2D eigenvalue weighted by atomic mass is 10.2. The number of unbranched alkanes of at least 4 members (excludes halogenated alkanes) is 2. The van der Waals surface area contributed by atoms with Crippen molar-refractivity contribution in [1.82, 2.24) is 10.2 Å². The van der Waals surface area contributed by atoms with Crippen molar-refractivity contribution in [2.75, 3.05) is 32.1 Å². The van der Waals surface area contributed by atoms with E-state index in [1.165, 1.54) is 38.0 Å². The summed E-state index contributed by atoms with van der Waals surface area (Å²) in [5.41, 5.74) is 0. The molecule has 0 aromatic carbocycles. The molecule has 0 bridgehead atoms. The maximum absolute atomic E-state index is 3.56. The van der Waals surface area contributed by atoms with Gasteiger partial charge in [0.2, 0.25) is 0 Å². The lowest BCUT2D eigenvalue weighted by Crippen LogP contribution is -2.43. The van der Waals surface area contributed by atoms with Crippen LogP contribution in [0.25, 0.3) is 0 Å². The maximum atomic E-state index is 3.56. The Bertz CT molecular complexity index is 164. The highest BCUT2D eigenvalue weighted by molar-refractivity contribution is 7.98. The first-order valence-corrected chi connectivity index (χ1v) is 8.44. The summed E-state index contributed by atoms with van der Waals surface area (Å²) in [5.74, 6) is 1.27. The van der Waals surface area contributed by atoms with Gasteiger partial charge in [0.1, 0.15) is 0 Å². The number of hydrogen-bond acceptors (Lipinski definition) is 3. The molecule has 17 heavy (non-hydrogen) atoms. The van der Waals surface area contributed by atoms with Crippen LogP contribution in [0.2, 0.25) is 0 Å². The Morgan fingerprint density at radius 1 is 1.18 bits per heavy atom. The molecule has 2 nitrogen and oxygen atoms in total. The van der Waals surface area contributed by atoms with Crippen molar-refractivity contribution in [3.63, 3.8) is 0 Å². The van der Waals surface area contributed by atoms with E-state index in [0.29, 0.717) is 12.1 Å². The fourth-order valence-electron chi connectivity index (χ4n) is 1.88. The predicted molar refractivity (Wildman–Crippen MR) is 82.1 cm³/mol. The molecular weight excluding hydrogens is 228 g/mol. The van der Waals surface area contributed by atoms with Gasteiger partial charge in [0.25, 0.3) is 0 Å². The van der Waals surface area contributed by atoms with Gasteiger partial charge in [-0.1, -0.05) is 19.8 Å². The molecule has 0 rings (SSSR count). The van der Waals surface area contributed by atoms with E-state index in [9.17, 15) is 0 Å². The number of rotatable bonds is 11. The summed E-state index contributed by atoms with van der Waals surface area (Å²) in [6.45, 7) is 9.20. The van der Waals surface area contributed by atoms with Crippen LogP contribution in [-0.4, -0.2) is 49.1 Å². The lowest BCUT2D eigenvalue weighted by Gasteiger charge is -2.31. The minimum Gasteiger partial charge on any atom is -0.315 e. The van der Waals surface area contributed by atoms with Gasteiger partial charge in [-0.25, -0.2) is 0 Å². The van der Waals surface area contributed by atoms with Crippen molar-refractivity contribution in [2.45, 2.75) is 58.5 Å². The third-order valence-electron chi connectivity index (χ3n) is 3.53. The average Bonchev–Trinajstić information content (AvgIpc) is 2.34. The van der Waals surface area contributed by atoms with Crippen molar-refractivity contribution < 1.29 is 0 Å². The van der Waals surface area contributed by atoms with E-state index in [-0.39, 0.29) is 0 Å². The molecule has 0 amide bonds. The summed E-state index contributed by atoms with van der Waals surface area (Å²) < 4.78 is 0. The molecule has 0 aliphatic carbocycles. The van der Waals surface area contributed by atoms with Gasteiger partial charge in [0, 0.05) is 18.6 Å². The Balaban J connectivity index is 3.61. The molecule has 2 unspecified atom stereocenters. The second-order valence-corrected chi connectivity index (χ2v) is 6.04. The van der Waals surface area contributed by atoms with Crippen LogP contribution in [0.4, 0.5) is 0 Å². The summed E-state index contributed by atoms with van der Waals surface area (Å²) in [4.78, 5) is 2.50. The van der Waals surface area contributed by atoms with E-state index in [4.69, 9.17) is 0 Å². The average molecular weight is 260 g/mol. The fraction of sp³-hybridized carbons (Fsp3) is 1.00. The van der Waals surface area contributed by atoms with E-state index in [1.807, 2.05) is 11.8 Å². The molecule has 0 radical (unpaired) electrons. The second kappa shape index (κ2) is 11.4. The number of nitrogens with one attached hydrogen (secondary N) is 1. The Hall–Kier alpha value is 0.270. The summed E-state index contributed by atoms with van der Waals surface area (Å²) in [6.07, 6.45) is 7.45. The third-order valence-corrected chi connectivity index (χ3v) is 4.17. The van der Waals surface area contributed by atoms with Gasteiger partial charge in [-0.05, 0) is 52.3 Å². The van der Waals surface area contributed by atoms with Gasteiger partial charge in [-0.3, -0.25) is 4.90 Å². The first-order chi connectivity index (χ1) is 8.13. The van der Waals surface area contributed by atoms with Gasteiger partial charge < -0.3 is 5.32 Å². The molecule has 0 heterocycles. The molecule has 0 aliphatic heterocycles. The van der Waals surface area contributed by atoms with E-state index in [0.717, 1.165) is 6.54 Å². The normalized spacial score (nSPS) is 15.2. The van der Waals surface area contributed by atoms with Crippen LogP contribution in [0.3, 0.4) is 0 Å². The summed E-state index contributed by atoms with van der Waals surface area (Å²) in [7, 11) is 2.25. The summed E-state index contributed by atoms with van der Waals surface area (Å²) in [5, 5.41) is 3.56. The van der Waals surface area contributed by atoms with Crippen molar-refractivity contribution in [3.8, 4) is 0 Å². The molecule has 0 fully saturated rings. The molecular formula is C14H32N2S. The van der Waals surface area contributed by atoms with E-state index >= 15 is 0 Å². The van der Waals surface area contributed by atoms with Gasteiger partial charge in [0.15, 0.2) is 0 Å². The lowest BCUT2D eigenvalue weighted by molar-refractivity contribution is 0.188. The second-order valence-electron chi connectivity index (χ2n) is 5.06. The Morgan fingerprint density at radius 2 is 1.88 bits per heavy atom. The smallest absolute Gasteiger partial charge is 0.0192 e. The van der Waals surface area contributed by atoms with Gasteiger partial charge >= 0.3 is 0 Å². The zero-order valence-electron chi connectivity index (χ0n) is 12.5. The first-order valence-electron chi connectivity index (χ1n) is 7.05. The van der Waals surface area contributed by atoms with Crippen LogP contribution in [0.5, 0.6) is 0 Å². The van der Waals surface area contributed by atoms with E-state index < -0.39 is 0 Å². The highest BCUT2D eigenvalue weighted by atomic mass is 32.2. The third kappa shape index (κ3) is 8.92. The van der Waals surface area contributed by atoms with Crippen LogP contribution in [0.1, 0.15) is 46.5 Å². The molecule has 0 aliphatic rings. The number of thioether (sulfide) groups is 1. The van der Waals surface area contributed by atoms with Crippen LogP contribution in [-0.2, 0) is 0 Å². The van der Waals surface area contributed by atoms with Gasteiger partial charge in [-0.15, -0.1) is 0 Å². The molecule has 0 spiro atoms. The summed E-state index contributed by atoms with van der Waals surface area (Å²) >= 11 is 1.94. The minimum atomic E-state index is 0.633. The largest absolute Gasteiger partial charge is 0.315 e. The molecule has 1 N–H and O–H groups in total. The quantitative estimate of drug-likeness (QED) is 0.574. The van der Waals surface area contributed by atoms with Gasteiger partial charge in [-0.2, -0.15) is 11.8 Å². The Kier molecular flexibility index (Phi) is 11.5. The molecule has 2 atom stereocenters. The van der Waals surface area contributed by atoms with E-state index in [2.05, 4.69) is 44.3 Å². The Labute approximate surface area is 113 Å². The fourth-order valence-corrected chi connectivity index (χ4v) is 2.46. The summed E-state index contributed by atoms with van der Waals surface area (Å²) in [6, 6.07) is 1.32. The van der Waals surface area contributed by atoms with E-state index in [1.54, 1.807) is 0 Å². The topological polar surface area (TPSA) is 15.3 Å².